The summed E-state index contributed by atoms with van der Waals surface area (Å²) >= 11 is 0. The average Bonchev–Trinajstić information content (AvgIpc) is 2.94. The first kappa shape index (κ1) is 20.3. The van der Waals surface area contributed by atoms with E-state index in [1.165, 1.54) is 0 Å². The van der Waals surface area contributed by atoms with Gasteiger partial charge in [-0.2, -0.15) is 21.6 Å². The molecule has 1 aliphatic rings. The van der Waals surface area contributed by atoms with Crippen molar-refractivity contribution in [3.05, 3.63) is 23.3 Å². The molecule has 25 heavy (non-hydrogen) atoms. The Morgan fingerprint density at radius 1 is 1.04 bits per heavy atom. The van der Waals surface area contributed by atoms with E-state index < -0.39 is 25.8 Å². The van der Waals surface area contributed by atoms with Gasteiger partial charge in [-0.3, -0.25) is 0 Å². The highest BCUT2D eigenvalue weighted by Crippen LogP contribution is 2.32. The molecule has 0 spiro atoms. The lowest BCUT2D eigenvalue weighted by Crippen LogP contribution is -2.42. The third-order valence-electron chi connectivity index (χ3n) is 3.51. The molecule has 0 saturated carbocycles. The summed E-state index contributed by atoms with van der Waals surface area (Å²) < 4.78 is 87.4. The Morgan fingerprint density at radius 2 is 1.52 bits per heavy atom. The van der Waals surface area contributed by atoms with Crippen molar-refractivity contribution < 1.29 is 34.2 Å². The lowest BCUT2D eigenvalue weighted by molar-refractivity contribution is -0.0442. The molecule has 0 atom stereocenters. The lowest BCUT2D eigenvalue weighted by Gasteiger charge is -2.14. The van der Waals surface area contributed by atoms with Crippen LogP contribution < -0.4 is 8.31 Å². The fraction of sp³-hybridized carbons (Fsp3) is 0.538. The van der Waals surface area contributed by atoms with Gasteiger partial charge < -0.3 is 4.18 Å². The number of hydrogen-bond acceptors (Lipinski definition) is 5. The summed E-state index contributed by atoms with van der Waals surface area (Å²) in [6.45, 7) is 3.11. The summed E-state index contributed by atoms with van der Waals surface area (Å²) in [5.74, 6) is 1.90. The molecular weight excluding hydrogens is 403 g/mol. The van der Waals surface area contributed by atoms with Crippen LogP contribution in [0.5, 0.6) is 5.75 Å². The van der Waals surface area contributed by atoms with Crippen molar-refractivity contribution in [2.75, 3.05) is 11.5 Å². The average molecular weight is 420 g/mol. The second kappa shape index (κ2) is 6.97. The lowest BCUT2D eigenvalue weighted by atomic mass is 10.1. The molecule has 1 aromatic carbocycles. The molecule has 1 aliphatic heterocycles. The van der Waals surface area contributed by atoms with Crippen LogP contribution in [-0.4, -0.2) is 33.8 Å². The molecule has 0 aliphatic carbocycles. The fourth-order valence-electron chi connectivity index (χ4n) is 2.41. The zero-order chi connectivity index (χ0) is 19.0. The molecule has 1 saturated heterocycles. The summed E-state index contributed by atoms with van der Waals surface area (Å²) in [7, 11) is -11.2. The van der Waals surface area contributed by atoms with Crippen molar-refractivity contribution in [2.24, 2.45) is 0 Å². The molecule has 1 fully saturated rings. The van der Waals surface area contributed by atoms with E-state index in [4.69, 9.17) is 0 Å². The molecule has 2 rings (SSSR count). The Kier molecular flexibility index (Phi) is 5.67. The summed E-state index contributed by atoms with van der Waals surface area (Å²) in [6, 6.07) is 3.45. The van der Waals surface area contributed by atoms with Gasteiger partial charge in [-0.1, -0.05) is 4.13 Å². The molecular formula is C13H17F3NO5S3+. The zero-order valence-electron chi connectivity index (χ0n) is 13.4. The highest BCUT2D eigenvalue weighted by molar-refractivity contribution is 8.03. The molecule has 12 heteroatoms. The second-order valence-electron chi connectivity index (χ2n) is 5.56. The third-order valence-corrected chi connectivity index (χ3v) is 8.66. The minimum Gasteiger partial charge on any atom is -0.370 e. The first-order valence-electron chi connectivity index (χ1n) is 7.15. The van der Waals surface area contributed by atoms with Crippen LogP contribution in [0.3, 0.4) is 0 Å². The molecule has 142 valence electrons. The van der Waals surface area contributed by atoms with E-state index in [0.29, 0.717) is 15.3 Å². The fourth-order valence-corrected chi connectivity index (χ4v) is 6.95. The van der Waals surface area contributed by atoms with E-state index in [1.54, 1.807) is 26.0 Å². The maximum absolute atomic E-state index is 12.3. The summed E-state index contributed by atoms with van der Waals surface area (Å²) in [6.07, 6.45) is 2.24. The Morgan fingerprint density at radius 3 is 1.96 bits per heavy atom. The predicted molar refractivity (Wildman–Crippen MR) is 88.2 cm³/mol. The molecule has 0 amide bonds. The monoisotopic (exact) mass is 420 g/mol. The van der Waals surface area contributed by atoms with Crippen LogP contribution in [0.25, 0.3) is 0 Å². The van der Waals surface area contributed by atoms with Gasteiger partial charge in [0.15, 0.2) is 4.90 Å². The normalized spacial score (nSPS) is 17.0. The van der Waals surface area contributed by atoms with Crippen LogP contribution in [-0.2, 0) is 31.2 Å². The Hall–Kier alpha value is -0.980. The van der Waals surface area contributed by atoms with Gasteiger partial charge >= 0.3 is 25.8 Å². The molecule has 0 bridgehead atoms. The molecule has 0 radical (unpaired) electrons. The minimum atomic E-state index is -6.08. The van der Waals surface area contributed by atoms with Crippen molar-refractivity contribution in [1.29, 1.82) is 0 Å². The maximum Gasteiger partial charge on any atom is 0.512 e. The smallest absolute Gasteiger partial charge is 0.370 e. The number of sulfonamides is 1. The number of benzene rings is 1. The van der Waals surface area contributed by atoms with Crippen molar-refractivity contribution in [2.45, 2.75) is 37.1 Å². The van der Waals surface area contributed by atoms with Gasteiger partial charge in [-0.15, -0.1) is 0 Å². The Bertz CT molecular complexity index is 836. The van der Waals surface area contributed by atoms with E-state index in [0.717, 1.165) is 29.2 Å². The number of halogens is 3. The quantitative estimate of drug-likeness (QED) is 0.738. The first-order chi connectivity index (χ1) is 11.3. The zero-order valence-corrected chi connectivity index (χ0v) is 15.8. The van der Waals surface area contributed by atoms with Crippen LogP contribution in [0, 0.1) is 13.8 Å². The third kappa shape index (κ3) is 4.80. The van der Waals surface area contributed by atoms with E-state index in [-0.39, 0.29) is 16.6 Å². The van der Waals surface area contributed by atoms with Crippen molar-refractivity contribution in [3.63, 3.8) is 0 Å². The Labute approximate surface area is 147 Å². The highest BCUT2D eigenvalue weighted by Gasteiger charge is 2.49. The predicted octanol–water partition coefficient (Wildman–Crippen LogP) is 2.14. The molecule has 1 aromatic rings. The van der Waals surface area contributed by atoms with E-state index >= 15 is 0 Å². The van der Waals surface area contributed by atoms with E-state index in [1.807, 2.05) is 0 Å². The maximum atomic E-state index is 12.3. The van der Waals surface area contributed by atoms with Crippen LogP contribution >= 0.6 is 0 Å². The van der Waals surface area contributed by atoms with Crippen molar-refractivity contribution >= 4 is 31.2 Å². The molecule has 1 heterocycles. The van der Waals surface area contributed by atoms with Crippen LogP contribution in [0.1, 0.15) is 24.0 Å². The number of nitrogens with one attached hydrogen (secondary N) is 1. The summed E-state index contributed by atoms with van der Waals surface area (Å²) in [5.41, 5.74) is -4.95. The topological polar surface area (TPSA) is 89.5 Å². The van der Waals surface area contributed by atoms with Crippen molar-refractivity contribution in [1.82, 2.24) is 4.13 Å². The van der Waals surface area contributed by atoms with Crippen LogP contribution in [0.4, 0.5) is 13.2 Å². The van der Waals surface area contributed by atoms with Gasteiger partial charge in [0.25, 0.3) is 0 Å². The van der Waals surface area contributed by atoms with Gasteiger partial charge in [0, 0.05) is 10.9 Å². The van der Waals surface area contributed by atoms with Gasteiger partial charge in [0.1, 0.15) is 17.3 Å². The van der Waals surface area contributed by atoms with Gasteiger partial charge in [-0.05, 0) is 49.9 Å². The van der Waals surface area contributed by atoms with Gasteiger partial charge in [0.05, 0.1) is 0 Å². The highest BCUT2D eigenvalue weighted by atomic mass is 32.3. The van der Waals surface area contributed by atoms with Crippen LogP contribution in [0.2, 0.25) is 0 Å². The minimum absolute atomic E-state index is 0.0644. The standard InChI is InChI=1S/C13H17F3NO5S3/c1-9-7-11(23-5-3-4-6-23)8-10(2)12(9)22-25(20,21)17-24(18,19)13(14,15)16/h7-8,17H,3-6H2,1-2H3/q+1. The summed E-state index contributed by atoms with van der Waals surface area (Å²) in [5, 5.41) is 0. The van der Waals surface area contributed by atoms with Crippen LogP contribution in [0.15, 0.2) is 17.0 Å². The number of rotatable bonds is 5. The van der Waals surface area contributed by atoms with Gasteiger partial charge in [0.2, 0.25) is 0 Å². The van der Waals surface area contributed by atoms with Crippen molar-refractivity contribution in [3.8, 4) is 5.75 Å². The molecule has 1 N–H and O–H groups in total. The molecule has 0 aromatic heterocycles. The number of alkyl halides is 3. The van der Waals surface area contributed by atoms with E-state index in [9.17, 15) is 30.0 Å². The summed E-state index contributed by atoms with van der Waals surface area (Å²) in [4.78, 5) is 1.04. The molecule has 6 nitrogen and oxygen atoms in total. The van der Waals surface area contributed by atoms with E-state index in [2.05, 4.69) is 4.18 Å². The number of hydrogen-bond donors (Lipinski definition) is 1. The first-order valence-corrected chi connectivity index (χ1v) is 11.6. The Balaban J connectivity index is 2.27. The molecule has 0 unspecified atom stereocenters. The number of aryl methyl sites for hydroxylation is 2. The largest absolute Gasteiger partial charge is 0.512 e. The second-order valence-corrected chi connectivity index (χ2v) is 11.0. The van der Waals surface area contributed by atoms with Gasteiger partial charge in [-0.25, -0.2) is 8.42 Å². The SMILES string of the molecule is Cc1cc([S+]2CCCC2)cc(C)c1OS(=O)(=O)NS(=O)(=O)C(F)(F)F.